The lowest BCUT2D eigenvalue weighted by molar-refractivity contribution is 0.827. The van der Waals surface area contributed by atoms with Crippen LogP contribution in [0.15, 0.2) is 83.9 Å². The van der Waals surface area contributed by atoms with Gasteiger partial charge in [0.25, 0.3) is 0 Å². The lowest BCUT2D eigenvalue weighted by Gasteiger charge is -2.07. The van der Waals surface area contributed by atoms with Gasteiger partial charge in [-0.05, 0) is 43.2 Å². The summed E-state index contributed by atoms with van der Waals surface area (Å²) in [6.07, 6.45) is 2.18. The first-order valence-electron chi connectivity index (χ1n) is 9.44. The predicted octanol–water partition coefficient (Wildman–Crippen LogP) is 6.34. The third kappa shape index (κ3) is 3.08. The smallest absolute Gasteiger partial charge is 0.0646 e. The van der Waals surface area contributed by atoms with Gasteiger partial charge in [-0.3, -0.25) is 4.99 Å². The van der Waals surface area contributed by atoms with E-state index in [1.807, 2.05) is 13.1 Å². The number of para-hydroxylation sites is 1. The van der Waals surface area contributed by atoms with Crippen LogP contribution in [0.2, 0.25) is 0 Å². The predicted molar refractivity (Wildman–Crippen MR) is 118 cm³/mol. The van der Waals surface area contributed by atoms with Gasteiger partial charge in [-0.25, -0.2) is 0 Å². The van der Waals surface area contributed by atoms with Gasteiger partial charge >= 0.3 is 0 Å². The molecule has 134 valence electrons. The molecule has 2 heteroatoms. The largest absolute Gasteiger partial charge is 0.341 e. The molecule has 4 aromatic rings. The maximum Gasteiger partial charge on any atom is 0.0646 e. The zero-order valence-electron chi connectivity index (χ0n) is 16.1. The van der Waals surface area contributed by atoms with Gasteiger partial charge in [0.2, 0.25) is 0 Å². The molecule has 0 saturated heterocycles. The summed E-state index contributed by atoms with van der Waals surface area (Å²) in [6, 6.07) is 25.8. The van der Waals surface area contributed by atoms with E-state index in [0.29, 0.717) is 0 Å². The lowest BCUT2D eigenvalue weighted by Crippen LogP contribution is -1.99. The summed E-state index contributed by atoms with van der Waals surface area (Å²) in [5.74, 6) is 0. The van der Waals surface area contributed by atoms with Crippen molar-refractivity contribution in [2.75, 3.05) is 7.05 Å². The van der Waals surface area contributed by atoms with Gasteiger partial charge in [0.1, 0.15) is 0 Å². The summed E-state index contributed by atoms with van der Waals surface area (Å²) >= 11 is 0. The van der Waals surface area contributed by atoms with Crippen molar-refractivity contribution < 1.29 is 0 Å². The molecule has 0 amide bonds. The highest BCUT2D eigenvalue weighted by molar-refractivity contribution is 6.15. The van der Waals surface area contributed by atoms with Crippen LogP contribution in [0.4, 0.5) is 0 Å². The second kappa shape index (κ2) is 7.24. The van der Waals surface area contributed by atoms with E-state index in [1.165, 1.54) is 32.9 Å². The monoisotopic (exact) mass is 352 g/mol. The number of aliphatic imine (C=N–C) groups is 1. The van der Waals surface area contributed by atoms with Crippen molar-refractivity contribution in [3.05, 3.63) is 90.0 Å². The van der Waals surface area contributed by atoms with Crippen LogP contribution in [0.1, 0.15) is 25.0 Å². The van der Waals surface area contributed by atoms with Crippen LogP contribution in [0, 0.1) is 0 Å². The number of hydrogen-bond donors (Lipinski definition) is 0. The number of aromatic nitrogens is 1. The Morgan fingerprint density at radius 3 is 2.30 bits per heavy atom. The molecule has 3 aromatic carbocycles. The topological polar surface area (TPSA) is 17.3 Å². The van der Waals surface area contributed by atoms with Gasteiger partial charge in [0.15, 0.2) is 0 Å². The molecule has 0 aliphatic carbocycles. The molecule has 0 atom stereocenters. The van der Waals surface area contributed by atoms with Crippen LogP contribution < -0.4 is 0 Å². The van der Waals surface area contributed by atoms with E-state index in [-0.39, 0.29) is 0 Å². The molecule has 0 N–H and O–H groups in total. The Morgan fingerprint density at radius 1 is 0.852 bits per heavy atom. The molecular weight excluding hydrogens is 328 g/mol. The molecule has 1 heterocycles. The number of nitrogens with zero attached hydrogens (tertiary/aromatic N) is 2. The molecule has 0 radical (unpaired) electrons. The van der Waals surface area contributed by atoms with Gasteiger partial charge in [-0.15, -0.1) is 0 Å². The number of fused-ring (bicyclic) bond motifs is 3. The van der Waals surface area contributed by atoms with Gasteiger partial charge in [0.05, 0.1) is 5.71 Å². The van der Waals surface area contributed by atoms with Crippen molar-refractivity contribution in [2.24, 2.45) is 4.99 Å². The maximum absolute atomic E-state index is 4.57. The van der Waals surface area contributed by atoms with Crippen molar-refractivity contribution >= 4 is 33.1 Å². The minimum absolute atomic E-state index is 0.949. The van der Waals surface area contributed by atoms with Crippen LogP contribution in [-0.2, 0) is 6.54 Å². The summed E-state index contributed by atoms with van der Waals surface area (Å²) in [5, 5.41) is 2.61. The fourth-order valence-electron chi connectivity index (χ4n) is 3.82. The third-order valence-corrected chi connectivity index (χ3v) is 5.21. The lowest BCUT2D eigenvalue weighted by atomic mass is 10.0. The first-order chi connectivity index (χ1) is 13.2. The van der Waals surface area contributed by atoms with E-state index in [0.717, 1.165) is 17.8 Å². The highest BCUT2D eigenvalue weighted by atomic mass is 15.0. The van der Waals surface area contributed by atoms with E-state index in [9.17, 15) is 0 Å². The van der Waals surface area contributed by atoms with Gasteiger partial charge in [0, 0.05) is 41.0 Å². The summed E-state index contributed by atoms with van der Waals surface area (Å²) in [6.45, 7) is 5.29. The molecule has 0 unspecified atom stereocenters. The maximum atomic E-state index is 4.57. The molecule has 0 fully saturated rings. The Morgan fingerprint density at radius 2 is 1.56 bits per heavy atom. The van der Waals surface area contributed by atoms with Gasteiger partial charge < -0.3 is 4.57 Å². The Bertz CT molecular complexity index is 1160. The number of benzene rings is 3. The number of rotatable bonds is 4. The molecule has 0 spiro atoms. The van der Waals surface area contributed by atoms with Gasteiger partial charge in [-0.1, -0.05) is 60.7 Å². The van der Waals surface area contributed by atoms with Crippen LogP contribution in [0.5, 0.6) is 0 Å². The van der Waals surface area contributed by atoms with E-state index < -0.39 is 0 Å². The summed E-state index contributed by atoms with van der Waals surface area (Å²) < 4.78 is 2.38. The third-order valence-electron chi connectivity index (χ3n) is 5.21. The van der Waals surface area contributed by atoms with Crippen LogP contribution in [0.3, 0.4) is 0 Å². The molecule has 0 bridgehead atoms. The quantitative estimate of drug-likeness (QED) is 0.381. The van der Waals surface area contributed by atoms with Crippen LogP contribution >= 0.6 is 0 Å². The number of allylic oxidation sites excluding steroid dienone is 2. The first-order valence-corrected chi connectivity index (χ1v) is 9.44. The van der Waals surface area contributed by atoms with Crippen molar-refractivity contribution in [2.45, 2.75) is 20.4 Å². The molecule has 0 saturated carbocycles. The summed E-state index contributed by atoms with van der Waals surface area (Å²) in [7, 11) is 1.86. The molecule has 4 rings (SSSR count). The van der Waals surface area contributed by atoms with Crippen LogP contribution in [-0.4, -0.2) is 17.3 Å². The second-order valence-electron chi connectivity index (χ2n) is 6.80. The molecule has 0 aliphatic rings. The highest BCUT2D eigenvalue weighted by Crippen LogP contribution is 2.30. The molecule has 1 aromatic heterocycles. The van der Waals surface area contributed by atoms with Crippen molar-refractivity contribution in [3.63, 3.8) is 0 Å². The van der Waals surface area contributed by atoms with Crippen molar-refractivity contribution in [1.82, 2.24) is 4.57 Å². The van der Waals surface area contributed by atoms with E-state index in [4.69, 9.17) is 0 Å². The standard InChI is InChI=1S/C25H24N2/c1-4-27-24-13-9-8-12-21(24)22-15-14-20(17-25(22)27)23(26-3)16-18(2)19-10-6-5-7-11-19/h5-17H,4H2,1-3H3/b18-16-,26-23+. The molecule has 2 nitrogen and oxygen atoms in total. The average molecular weight is 352 g/mol. The molecule has 0 aliphatic heterocycles. The molecular formula is C25H24N2. The Kier molecular flexibility index (Phi) is 4.64. The fourth-order valence-corrected chi connectivity index (χ4v) is 3.82. The highest BCUT2D eigenvalue weighted by Gasteiger charge is 2.11. The Hall–Kier alpha value is -3.13. The first kappa shape index (κ1) is 17.3. The zero-order chi connectivity index (χ0) is 18.8. The normalized spacial score (nSPS) is 12.9. The van der Waals surface area contributed by atoms with Crippen LogP contribution in [0.25, 0.3) is 27.4 Å². The fraction of sp³-hybridized carbons (Fsp3) is 0.160. The zero-order valence-corrected chi connectivity index (χ0v) is 16.1. The summed E-state index contributed by atoms with van der Waals surface area (Å²) in [4.78, 5) is 4.57. The second-order valence-corrected chi connectivity index (χ2v) is 6.80. The van der Waals surface area contributed by atoms with Crippen molar-refractivity contribution in [3.8, 4) is 0 Å². The van der Waals surface area contributed by atoms with Gasteiger partial charge in [-0.2, -0.15) is 0 Å². The average Bonchev–Trinajstić information content (AvgIpc) is 3.05. The van der Waals surface area contributed by atoms with Crippen molar-refractivity contribution in [1.29, 1.82) is 0 Å². The Labute approximate surface area is 160 Å². The van der Waals surface area contributed by atoms with E-state index in [2.05, 4.69) is 96.2 Å². The molecule has 27 heavy (non-hydrogen) atoms. The Balaban J connectivity index is 1.84. The number of aryl methyl sites for hydroxylation is 1. The SMILES string of the molecule is CCn1c2ccccc2c2ccc(C(/C=C(/C)c3ccccc3)=N/C)cc21. The minimum Gasteiger partial charge on any atom is -0.341 e. The summed E-state index contributed by atoms with van der Waals surface area (Å²) in [5.41, 5.74) is 7.15. The van der Waals surface area contributed by atoms with E-state index >= 15 is 0 Å². The minimum atomic E-state index is 0.949. The van der Waals surface area contributed by atoms with E-state index in [1.54, 1.807) is 0 Å². The number of hydrogen-bond acceptors (Lipinski definition) is 1.